The van der Waals surface area contributed by atoms with E-state index >= 15 is 0 Å². The number of nitrogens with zero attached hydrogens (tertiary/aromatic N) is 2. The smallest absolute Gasteiger partial charge is 0.271 e. The summed E-state index contributed by atoms with van der Waals surface area (Å²) in [5.74, 6) is 1.31. The van der Waals surface area contributed by atoms with Gasteiger partial charge in [0.05, 0.1) is 19.4 Å². The van der Waals surface area contributed by atoms with E-state index in [9.17, 15) is 4.79 Å². The number of hydrazone groups is 1. The first-order valence-electron chi connectivity index (χ1n) is 9.79. The van der Waals surface area contributed by atoms with Gasteiger partial charge >= 0.3 is 0 Å². The third-order valence-electron chi connectivity index (χ3n) is 4.59. The lowest BCUT2D eigenvalue weighted by Gasteiger charge is -2.12. The predicted molar refractivity (Wildman–Crippen MR) is 117 cm³/mol. The summed E-state index contributed by atoms with van der Waals surface area (Å²) >= 11 is 0. The van der Waals surface area contributed by atoms with Crippen LogP contribution in [0.2, 0.25) is 0 Å². The summed E-state index contributed by atoms with van der Waals surface area (Å²) in [5, 5.41) is 4.03. The van der Waals surface area contributed by atoms with Crippen LogP contribution in [0.3, 0.4) is 0 Å². The molecule has 1 aromatic heterocycles. The molecule has 3 rings (SSSR count). The summed E-state index contributed by atoms with van der Waals surface area (Å²) < 4.78 is 11.7. The van der Waals surface area contributed by atoms with E-state index in [1.54, 1.807) is 30.7 Å². The molecule has 3 aromatic rings. The second-order valence-corrected chi connectivity index (χ2v) is 6.72. The van der Waals surface area contributed by atoms with Gasteiger partial charge in [0.25, 0.3) is 5.91 Å². The minimum absolute atomic E-state index is 0.296. The van der Waals surface area contributed by atoms with E-state index in [4.69, 9.17) is 9.47 Å². The summed E-state index contributed by atoms with van der Waals surface area (Å²) in [7, 11) is 0. The van der Waals surface area contributed by atoms with Crippen LogP contribution in [0.25, 0.3) is 0 Å². The molecule has 30 heavy (non-hydrogen) atoms. The average Bonchev–Trinajstić information content (AvgIpc) is 2.78. The van der Waals surface area contributed by atoms with E-state index in [-0.39, 0.29) is 5.91 Å². The lowest BCUT2D eigenvalue weighted by Crippen LogP contribution is -2.17. The molecule has 1 amide bonds. The molecule has 0 radical (unpaired) electrons. The van der Waals surface area contributed by atoms with E-state index < -0.39 is 0 Å². The lowest BCUT2D eigenvalue weighted by molar-refractivity contribution is 0.0955. The zero-order chi connectivity index (χ0) is 21.2. The van der Waals surface area contributed by atoms with Crippen molar-refractivity contribution in [2.45, 2.75) is 20.3 Å². The number of aryl methyl sites for hydroxylation is 1. The van der Waals surface area contributed by atoms with Crippen LogP contribution < -0.4 is 14.9 Å². The maximum Gasteiger partial charge on any atom is 0.271 e. The highest BCUT2D eigenvalue weighted by Crippen LogP contribution is 2.21. The predicted octanol–water partition coefficient (Wildman–Crippen LogP) is 4.31. The molecule has 6 nitrogen and oxygen atoms in total. The number of ether oxygens (including phenoxy) is 2. The molecule has 1 N–H and O–H groups in total. The van der Waals surface area contributed by atoms with Gasteiger partial charge < -0.3 is 9.47 Å². The summed E-state index contributed by atoms with van der Waals surface area (Å²) in [5.41, 5.74) is 6.16. The van der Waals surface area contributed by atoms with Crippen LogP contribution >= 0.6 is 0 Å². The molecule has 0 atom stereocenters. The second-order valence-electron chi connectivity index (χ2n) is 6.72. The monoisotopic (exact) mass is 403 g/mol. The van der Waals surface area contributed by atoms with E-state index in [1.807, 2.05) is 36.4 Å². The highest BCUT2D eigenvalue weighted by atomic mass is 16.5. The molecule has 0 bridgehead atoms. The highest BCUT2D eigenvalue weighted by Gasteiger charge is 2.05. The van der Waals surface area contributed by atoms with Crippen LogP contribution in [0.1, 0.15) is 33.5 Å². The van der Waals surface area contributed by atoms with Gasteiger partial charge in [-0.15, -0.1) is 0 Å². The van der Waals surface area contributed by atoms with Crippen molar-refractivity contribution in [1.82, 2.24) is 10.4 Å². The highest BCUT2D eigenvalue weighted by molar-refractivity contribution is 5.94. The number of nitrogens with one attached hydrogen (secondary N) is 1. The number of pyridine rings is 1. The number of para-hydroxylation sites is 1. The molecular formula is C24H25N3O3. The Balaban J connectivity index is 1.48. The molecular weight excluding hydrogens is 378 g/mol. The van der Waals surface area contributed by atoms with Gasteiger partial charge in [-0.2, -0.15) is 5.10 Å². The van der Waals surface area contributed by atoms with Gasteiger partial charge in [-0.25, -0.2) is 5.43 Å². The number of hydrogen-bond acceptors (Lipinski definition) is 5. The quantitative estimate of drug-likeness (QED) is 0.328. The van der Waals surface area contributed by atoms with Gasteiger partial charge in [-0.1, -0.05) is 24.3 Å². The Bertz CT molecular complexity index is 1000. The van der Waals surface area contributed by atoms with E-state index in [2.05, 4.69) is 35.4 Å². The van der Waals surface area contributed by atoms with Crippen LogP contribution in [0.4, 0.5) is 0 Å². The molecule has 0 aliphatic rings. The summed E-state index contributed by atoms with van der Waals surface area (Å²) in [4.78, 5) is 15.9. The van der Waals surface area contributed by atoms with Gasteiger partial charge in [-0.3, -0.25) is 9.78 Å². The minimum atomic E-state index is -0.296. The number of benzene rings is 2. The molecule has 2 aromatic carbocycles. The van der Waals surface area contributed by atoms with Gasteiger partial charge in [-0.05, 0) is 55.3 Å². The van der Waals surface area contributed by atoms with Gasteiger partial charge in [0.2, 0.25) is 0 Å². The van der Waals surface area contributed by atoms with Gasteiger partial charge in [0, 0.05) is 29.9 Å². The Morgan fingerprint density at radius 2 is 1.67 bits per heavy atom. The summed E-state index contributed by atoms with van der Waals surface area (Å²) in [6.07, 6.45) is 5.44. The van der Waals surface area contributed by atoms with Crippen LogP contribution in [-0.2, 0) is 0 Å². The Hall–Kier alpha value is -3.67. The standard InChI is InChI=1S/C24H25N3O3/c1-18-7-5-10-22(19(18)2)29-15-6-16-30-23-9-4-3-8-21(23)17-26-27-24(28)20-11-13-25-14-12-20/h3-5,7-14,17H,6,15-16H2,1-2H3,(H,27,28)/b26-17+. The van der Waals surface area contributed by atoms with Crippen molar-refractivity contribution in [2.75, 3.05) is 13.2 Å². The fourth-order valence-corrected chi connectivity index (χ4v) is 2.75. The van der Waals surface area contributed by atoms with E-state index in [0.717, 1.165) is 23.3 Å². The van der Waals surface area contributed by atoms with Crippen molar-refractivity contribution in [2.24, 2.45) is 5.10 Å². The van der Waals surface area contributed by atoms with Gasteiger partial charge in [0.1, 0.15) is 11.5 Å². The fourth-order valence-electron chi connectivity index (χ4n) is 2.75. The molecule has 0 saturated heterocycles. The SMILES string of the molecule is Cc1cccc(OCCCOc2ccccc2/C=N/NC(=O)c2ccncc2)c1C. The van der Waals surface area contributed by atoms with Crippen molar-refractivity contribution < 1.29 is 14.3 Å². The zero-order valence-corrected chi connectivity index (χ0v) is 17.2. The third kappa shape index (κ3) is 5.91. The van der Waals surface area contributed by atoms with Crippen molar-refractivity contribution >= 4 is 12.1 Å². The Kier molecular flexibility index (Phi) is 7.55. The maximum atomic E-state index is 12.0. The zero-order valence-electron chi connectivity index (χ0n) is 17.2. The maximum absolute atomic E-state index is 12.0. The van der Waals surface area contributed by atoms with Crippen LogP contribution in [0.5, 0.6) is 11.5 Å². The molecule has 0 aliphatic carbocycles. The Labute approximate surface area is 176 Å². The van der Waals surface area contributed by atoms with Crippen LogP contribution in [-0.4, -0.2) is 30.3 Å². The van der Waals surface area contributed by atoms with Crippen LogP contribution in [0, 0.1) is 13.8 Å². The first kappa shape index (κ1) is 21.0. The molecule has 0 saturated carbocycles. The average molecular weight is 403 g/mol. The molecule has 0 aliphatic heterocycles. The topological polar surface area (TPSA) is 72.8 Å². The number of aromatic nitrogens is 1. The third-order valence-corrected chi connectivity index (χ3v) is 4.59. The molecule has 0 unspecified atom stereocenters. The minimum Gasteiger partial charge on any atom is -0.493 e. The number of hydrogen-bond donors (Lipinski definition) is 1. The normalized spacial score (nSPS) is 10.7. The molecule has 0 fully saturated rings. The van der Waals surface area contributed by atoms with Crippen molar-refractivity contribution in [3.05, 3.63) is 89.2 Å². The first-order valence-corrected chi connectivity index (χ1v) is 9.79. The lowest BCUT2D eigenvalue weighted by atomic mass is 10.1. The fraction of sp³-hybridized carbons (Fsp3) is 0.208. The summed E-state index contributed by atoms with van der Waals surface area (Å²) in [6.45, 7) is 5.22. The van der Waals surface area contributed by atoms with Gasteiger partial charge in [0.15, 0.2) is 0 Å². The second kappa shape index (κ2) is 10.8. The van der Waals surface area contributed by atoms with E-state index in [0.29, 0.717) is 24.5 Å². The number of rotatable bonds is 9. The first-order chi connectivity index (χ1) is 14.6. The number of carbonyl (C=O) groups excluding carboxylic acids is 1. The van der Waals surface area contributed by atoms with Crippen molar-refractivity contribution in [3.63, 3.8) is 0 Å². The largest absolute Gasteiger partial charge is 0.493 e. The van der Waals surface area contributed by atoms with Crippen LogP contribution in [0.15, 0.2) is 72.1 Å². The van der Waals surface area contributed by atoms with E-state index in [1.165, 1.54) is 5.56 Å². The molecule has 1 heterocycles. The Morgan fingerprint density at radius 1 is 0.967 bits per heavy atom. The summed E-state index contributed by atoms with van der Waals surface area (Å²) in [6, 6.07) is 16.8. The Morgan fingerprint density at radius 3 is 2.47 bits per heavy atom. The van der Waals surface area contributed by atoms with Crippen molar-refractivity contribution in [1.29, 1.82) is 0 Å². The molecule has 154 valence electrons. The molecule has 6 heteroatoms. The number of carbonyl (C=O) groups is 1. The molecule has 0 spiro atoms. The van der Waals surface area contributed by atoms with Crippen molar-refractivity contribution in [3.8, 4) is 11.5 Å². The number of amides is 1.